The minimum Gasteiger partial charge on any atom is -0.457 e. The van der Waals surface area contributed by atoms with Crippen molar-refractivity contribution >= 4 is 45.3 Å². The number of carbonyl (C=O) groups is 1. The third kappa shape index (κ3) is 4.48. The Hall–Kier alpha value is -5.06. The van der Waals surface area contributed by atoms with E-state index in [4.69, 9.17) is 9.72 Å². The third-order valence-corrected chi connectivity index (χ3v) is 7.95. The molecule has 5 heterocycles. The minimum atomic E-state index is -0.00816. The van der Waals surface area contributed by atoms with Crippen LogP contribution in [0.1, 0.15) is 18.4 Å². The second-order valence-electron chi connectivity index (χ2n) is 10.6. The Bertz CT molecular complexity index is 1800. The zero-order chi connectivity index (χ0) is 28.1. The zero-order valence-corrected chi connectivity index (χ0v) is 22.9. The van der Waals surface area contributed by atoms with Crippen LogP contribution in [0.25, 0.3) is 22.1 Å². The first kappa shape index (κ1) is 24.9. The molecule has 0 saturated carbocycles. The van der Waals surface area contributed by atoms with E-state index in [0.29, 0.717) is 30.2 Å². The summed E-state index contributed by atoms with van der Waals surface area (Å²) in [5, 5.41) is 11.7. The molecule has 2 bridgehead atoms. The van der Waals surface area contributed by atoms with Crippen molar-refractivity contribution in [2.24, 2.45) is 7.05 Å². The number of hydrogen-bond acceptors (Lipinski definition) is 9. The topological polar surface area (TPSA) is 114 Å². The van der Waals surface area contributed by atoms with Crippen molar-refractivity contribution in [1.82, 2.24) is 34.8 Å². The van der Waals surface area contributed by atoms with Gasteiger partial charge in [-0.25, -0.2) is 19.6 Å². The highest BCUT2D eigenvalue weighted by Crippen LogP contribution is 2.36. The highest BCUT2D eigenvalue weighted by Gasteiger charge is 2.41. The Morgan fingerprint density at radius 1 is 1.05 bits per heavy atom. The van der Waals surface area contributed by atoms with Gasteiger partial charge >= 0.3 is 0 Å². The van der Waals surface area contributed by atoms with Crippen molar-refractivity contribution in [3.8, 4) is 11.5 Å². The molecule has 2 fully saturated rings. The number of amides is 1. The fraction of sp³-hybridized carbons (Fsp3) is 0.267. The summed E-state index contributed by atoms with van der Waals surface area (Å²) in [5.74, 6) is 2.95. The fourth-order valence-corrected chi connectivity index (χ4v) is 5.94. The van der Waals surface area contributed by atoms with Gasteiger partial charge in [-0.3, -0.25) is 4.79 Å². The SMILES string of the molecule is C=CC(=O)N1CC2CCC(C1)N2c1ccc2ncnc(Nc3ccc(Oc4ccc5c(c4)nnn5C)c(C)c3)c2n1. The lowest BCUT2D eigenvalue weighted by atomic mass is 10.1. The predicted molar refractivity (Wildman–Crippen MR) is 156 cm³/mol. The van der Waals surface area contributed by atoms with Gasteiger partial charge in [0, 0.05) is 44.0 Å². The number of anilines is 3. The molecule has 0 spiro atoms. The van der Waals surface area contributed by atoms with Gasteiger partial charge in [0.2, 0.25) is 5.91 Å². The monoisotopic (exact) mass is 547 g/mol. The lowest BCUT2D eigenvalue weighted by molar-refractivity contribution is -0.126. The largest absolute Gasteiger partial charge is 0.457 e. The average Bonchev–Trinajstić information content (AvgIpc) is 3.48. The van der Waals surface area contributed by atoms with Crippen molar-refractivity contribution in [3.05, 3.63) is 73.1 Å². The molecular weight excluding hydrogens is 518 g/mol. The lowest BCUT2D eigenvalue weighted by Crippen LogP contribution is -2.55. The summed E-state index contributed by atoms with van der Waals surface area (Å²) in [6, 6.07) is 16.1. The van der Waals surface area contributed by atoms with E-state index in [-0.39, 0.29) is 18.0 Å². The van der Waals surface area contributed by atoms with Gasteiger partial charge in [0.05, 0.1) is 11.0 Å². The number of rotatable bonds is 6. The Labute approximate surface area is 236 Å². The number of pyridine rings is 1. The zero-order valence-electron chi connectivity index (χ0n) is 22.9. The molecular formula is C30H29N9O2. The van der Waals surface area contributed by atoms with Gasteiger partial charge in [-0.15, -0.1) is 5.10 Å². The summed E-state index contributed by atoms with van der Waals surface area (Å²) in [4.78, 5) is 30.5. The number of piperazine rings is 1. The molecule has 2 aliphatic rings. The summed E-state index contributed by atoms with van der Waals surface area (Å²) >= 11 is 0. The van der Waals surface area contributed by atoms with Crippen LogP contribution in [0.15, 0.2) is 67.5 Å². The first-order chi connectivity index (χ1) is 20.0. The second-order valence-corrected chi connectivity index (χ2v) is 10.6. The van der Waals surface area contributed by atoms with E-state index in [1.807, 2.05) is 67.4 Å². The quantitative estimate of drug-likeness (QED) is 0.307. The summed E-state index contributed by atoms with van der Waals surface area (Å²) in [6.45, 7) is 7.01. The first-order valence-electron chi connectivity index (χ1n) is 13.6. The Morgan fingerprint density at radius 2 is 1.88 bits per heavy atom. The van der Waals surface area contributed by atoms with Crippen LogP contribution in [0.4, 0.5) is 17.3 Å². The van der Waals surface area contributed by atoms with E-state index in [1.165, 1.54) is 6.08 Å². The standard InChI is InChI=1S/C30H29N9O2/c1-4-28(40)38-15-20-6-7-21(16-38)39(20)27-12-9-23-29(34-27)30(32-17-31-23)33-19-5-11-26(18(2)13-19)41-22-8-10-25-24(14-22)35-36-37(25)3/h4-5,8-14,17,20-21H,1,6-7,15-16H2,2-3H3,(H,31,32,33). The molecule has 5 aromatic rings. The minimum absolute atomic E-state index is 0.00816. The summed E-state index contributed by atoms with van der Waals surface area (Å²) in [7, 11) is 1.86. The van der Waals surface area contributed by atoms with Crippen LogP contribution in [0, 0.1) is 6.92 Å². The average molecular weight is 548 g/mol. The van der Waals surface area contributed by atoms with E-state index in [2.05, 4.69) is 37.1 Å². The van der Waals surface area contributed by atoms with Gasteiger partial charge in [0.15, 0.2) is 5.82 Å². The van der Waals surface area contributed by atoms with E-state index < -0.39 is 0 Å². The molecule has 2 saturated heterocycles. The molecule has 2 aromatic carbocycles. The molecule has 2 aliphatic heterocycles. The number of fused-ring (bicyclic) bond motifs is 4. The number of nitrogens with one attached hydrogen (secondary N) is 1. The molecule has 1 amide bonds. The van der Waals surface area contributed by atoms with Crippen LogP contribution < -0.4 is 15.0 Å². The van der Waals surface area contributed by atoms with Gasteiger partial charge in [0.1, 0.15) is 34.7 Å². The number of likely N-dealkylation sites (tertiary alicyclic amines) is 1. The van der Waals surface area contributed by atoms with Gasteiger partial charge in [0.25, 0.3) is 0 Å². The molecule has 2 atom stereocenters. The van der Waals surface area contributed by atoms with Crippen molar-refractivity contribution in [2.75, 3.05) is 23.3 Å². The summed E-state index contributed by atoms with van der Waals surface area (Å²) < 4.78 is 7.89. The van der Waals surface area contributed by atoms with Crippen LogP contribution >= 0.6 is 0 Å². The number of carbonyl (C=O) groups excluding carboxylic acids is 1. The van der Waals surface area contributed by atoms with E-state index >= 15 is 0 Å². The van der Waals surface area contributed by atoms with Crippen LogP contribution in [0.3, 0.4) is 0 Å². The highest BCUT2D eigenvalue weighted by atomic mass is 16.5. The molecule has 1 N–H and O–H groups in total. The number of ether oxygens (including phenoxy) is 1. The van der Waals surface area contributed by atoms with Crippen molar-refractivity contribution in [1.29, 1.82) is 0 Å². The van der Waals surface area contributed by atoms with Crippen LogP contribution in [0.2, 0.25) is 0 Å². The van der Waals surface area contributed by atoms with Crippen LogP contribution in [-0.4, -0.2) is 65.9 Å². The molecule has 7 rings (SSSR count). The number of benzene rings is 2. The molecule has 11 heteroatoms. The highest BCUT2D eigenvalue weighted by molar-refractivity contribution is 5.89. The molecule has 3 aromatic heterocycles. The number of nitrogens with zero attached hydrogens (tertiary/aromatic N) is 8. The first-order valence-corrected chi connectivity index (χ1v) is 13.6. The maximum Gasteiger partial charge on any atom is 0.246 e. The maximum absolute atomic E-state index is 12.2. The summed E-state index contributed by atoms with van der Waals surface area (Å²) in [5.41, 5.74) is 5.01. The van der Waals surface area contributed by atoms with Crippen molar-refractivity contribution < 1.29 is 9.53 Å². The van der Waals surface area contributed by atoms with Gasteiger partial charge < -0.3 is 19.9 Å². The van der Waals surface area contributed by atoms with Crippen molar-refractivity contribution in [3.63, 3.8) is 0 Å². The van der Waals surface area contributed by atoms with E-state index in [1.54, 1.807) is 11.0 Å². The molecule has 11 nitrogen and oxygen atoms in total. The smallest absolute Gasteiger partial charge is 0.246 e. The predicted octanol–water partition coefficient (Wildman–Crippen LogP) is 4.52. The number of aryl methyl sites for hydroxylation is 2. The summed E-state index contributed by atoms with van der Waals surface area (Å²) in [6.07, 6.45) is 5.00. The molecule has 0 aliphatic carbocycles. The molecule has 0 radical (unpaired) electrons. The van der Waals surface area contributed by atoms with E-state index in [9.17, 15) is 4.79 Å². The fourth-order valence-electron chi connectivity index (χ4n) is 5.94. The Balaban J connectivity index is 1.13. The molecule has 41 heavy (non-hydrogen) atoms. The van der Waals surface area contributed by atoms with Crippen molar-refractivity contribution in [2.45, 2.75) is 31.8 Å². The maximum atomic E-state index is 12.2. The van der Waals surface area contributed by atoms with Gasteiger partial charge in [-0.05, 0) is 73.9 Å². The second kappa shape index (κ2) is 9.84. The molecule has 206 valence electrons. The third-order valence-electron chi connectivity index (χ3n) is 7.95. The molecule has 2 unspecified atom stereocenters. The number of aromatic nitrogens is 6. The van der Waals surface area contributed by atoms with Crippen LogP contribution in [0.5, 0.6) is 11.5 Å². The number of hydrogen-bond donors (Lipinski definition) is 1. The van der Waals surface area contributed by atoms with Gasteiger partial charge in [-0.2, -0.15) is 0 Å². The van der Waals surface area contributed by atoms with Crippen LogP contribution in [-0.2, 0) is 11.8 Å². The Morgan fingerprint density at radius 3 is 2.66 bits per heavy atom. The lowest BCUT2D eigenvalue weighted by Gasteiger charge is -2.41. The van der Waals surface area contributed by atoms with E-state index in [0.717, 1.165) is 52.2 Å². The normalized spacial score (nSPS) is 18.2. The van der Waals surface area contributed by atoms with Gasteiger partial charge in [-0.1, -0.05) is 11.8 Å². The Kier molecular flexibility index (Phi) is 5.99.